The zero-order valence-electron chi connectivity index (χ0n) is 12.9. The van der Waals surface area contributed by atoms with Crippen LogP contribution in [0.4, 0.5) is 0 Å². The number of nitrogens with two attached hydrogens (primary N) is 1. The van der Waals surface area contributed by atoms with Crippen LogP contribution in [0.1, 0.15) is 57.8 Å². The average molecular weight is 281 g/mol. The summed E-state index contributed by atoms with van der Waals surface area (Å²) in [5.74, 6) is 0.739. The number of nitrogens with zero attached hydrogens (tertiary/aromatic N) is 1. The Morgan fingerprint density at radius 1 is 1.25 bits per heavy atom. The summed E-state index contributed by atoms with van der Waals surface area (Å²) in [7, 11) is 2.22. The Labute approximate surface area is 123 Å². The van der Waals surface area contributed by atoms with E-state index in [0.717, 1.165) is 25.6 Å². The van der Waals surface area contributed by atoms with Gasteiger partial charge in [-0.2, -0.15) is 0 Å². The van der Waals surface area contributed by atoms with E-state index < -0.39 is 0 Å². The number of nitrogens with one attached hydrogen (secondary N) is 1. The Kier molecular flexibility index (Phi) is 6.30. The first-order chi connectivity index (χ1) is 9.66. The van der Waals surface area contributed by atoms with Gasteiger partial charge in [0.15, 0.2) is 0 Å². The van der Waals surface area contributed by atoms with E-state index in [0.29, 0.717) is 12.3 Å². The zero-order valence-corrected chi connectivity index (χ0v) is 12.9. The summed E-state index contributed by atoms with van der Waals surface area (Å²) in [6.45, 7) is 1.87. The summed E-state index contributed by atoms with van der Waals surface area (Å²) >= 11 is 0. The minimum atomic E-state index is 0.0833. The molecule has 4 heteroatoms. The maximum absolute atomic E-state index is 11.7. The molecule has 1 atom stereocenters. The quantitative estimate of drug-likeness (QED) is 0.668. The molecule has 2 fully saturated rings. The topological polar surface area (TPSA) is 58.4 Å². The van der Waals surface area contributed by atoms with Gasteiger partial charge in [-0.3, -0.25) is 4.79 Å². The first-order valence-electron chi connectivity index (χ1n) is 8.39. The molecule has 0 aromatic rings. The molecular formula is C16H31N3O. The molecule has 20 heavy (non-hydrogen) atoms. The molecule has 0 saturated heterocycles. The maximum atomic E-state index is 11.7. The van der Waals surface area contributed by atoms with Gasteiger partial charge < -0.3 is 16.0 Å². The van der Waals surface area contributed by atoms with Crippen LogP contribution < -0.4 is 11.1 Å². The lowest BCUT2D eigenvalue weighted by molar-refractivity contribution is -0.121. The highest BCUT2D eigenvalue weighted by atomic mass is 16.1. The second-order valence-electron chi connectivity index (χ2n) is 6.68. The summed E-state index contributed by atoms with van der Waals surface area (Å²) in [4.78, 5) is 14.2. The van der Waals surface area contributed by atoms with Crippen molar-refractivity contribution >= 4 is 5.91 Å². The van der Waals surface area contributed by atoms with E-state index in [-0.39, 0.29) is 11.9 Å². The number of carbonyl (C=O) groups excluding carboxylic acids is 1. The van der Waals surface area contributed by atoms with Crippen molar-refractivity contribution in [2.45, 2.75) is 69.9 Å². The van der Waals surface area contributed by atoms with Crippen LogP contribution >= 0.6 is 0 Å². The van der Waals surface area contributed by atoms with Gasteiger partial charge in [0.05, 0.1) is 0 Å². The predicted molar refractivity (Wildman–Crippen MR) is 82.4 cm³/mol. The third-order valence-electron chi connectivity index (χ3n) is 4.86. The number of hydrogen-bond acceptors (Lipinski definition) is 3. The van der Waals surface area contributed by atoms with Crippen LogP contribution in [0.3, 0.4) is 0 Å². The van der Waals surface area contributed by atoms with Gasteiger partial charge in [-0.25, -0.2) is 0 Å². The molecule has 2 aliphatic carbocycles. The molecule has 116 valence electrons. The van der Waals surface area contributed by atoms with Gasteiger partial charge in [0, 0.05) is 25.0 Å². The molecule has 0 heterocycles. The molecule has 0 spiro atoms. The highest BCUT2D eigenvalue weighted by Gasteiger charge is 2.29. The SMILES string of the molecule is CN(CCCNC(=O)CC(N)C1CC1)C1CCCCC1. The van der Waals surface area contributed by atoms with Crippen molar-refractivity contribution in [3.8, 4) is 0 Å². The highest BCUT2D eigenvalue weighted by molar-refractivity contribution is 5.76. The van der Waals surface area contributed by atoms with Crippen LogP contribution in [0.25, 0.3) is 0 Å². The van der Waals surface area contributed by atoms with Crippen molar-refractivity contribution in [3.63, 3.8) is 0 Å². The largest absolute Gasteiger partial charge is 0.356 e. The minimum Gasteiger partial charge on any atom is -0.356 e. The van der Waals surface area contributed by atoms with E-state index in [2.05, 4.69) is 17.3 Å². The Hall–Kier alpha value is -0.610. The lowest BCUT2D eigenvalue weighted by Crippen LogP contribution is -2.37. The Bertz CT molecular complexity index is 298. The molecule has 1 amide bonds. The number of carbonyl (C=O) groups is 1. The van der Waals surface area contributed by atoms with Crippen LogP contribution in [0.5, 0.6) is 0 Å². The van der Waals surface area contributed by atoms with E-state index in [4.69, 9.17) is 5.73 Å². The fourth-order valence-corrected chi connectivity index (χ4v) is 3.24. The summed E-state index contributed by atoms with van der Waals surface area (Å²) in [6.07, 6.45) is 10.8. The summed E-state index contributed by atoms with van der Waals surface area (Å²) in [5.41, 5.74) is 5.96. The first-order valence-corrected chi connectivity index (χ1v) is 8.39. The second-order valence-corrected chi connectivity index (χ2v) is 6.68. The van der Waals surface area contributed by atoms with Crippen molar-refractivity contribution in [3.05, 3.63) is 0 Å². The van der Waals surface area contributed by atoms with Crippen LogP contribution in [-0.2, 0) is 4.79 Å². The van der Waals surface area contributed by atoms with Crippen LogP contribution in [0.2, 0.25) is 0 Å². The van der Waals surface area contributed by atoms with Crippen molar-refractivity contribution in [1.29, 1.82) is 0 Å². The smallest absolute Gasteiger partial charge is 0.221 e. The lowest BCUT2D eigenvalue weighted by Gasteiger charge is -2.31. The predicted octanol–water partition coefficient (Wildman–Crippen LogP) is 1.88. The standard InChI is InChI=1S/C16H31N3O/c1-19(14-6-3-2-4-7-14)11-5-10-18-16(20)12-15(17)13-8-9-13/h13-15H,2-12,17H2,1H3,(H,18,20). The molecule has 0 aliphatic heterocycles. The average Bonchev–Trinajstić information content (AvgIpc) is 3.29. The van der Waals surface area contributed by atoms with Gasteiger partial charge in [0.25, 0.3) is 0 Å². The molecule has 3 N–H and O–H groups in total. The number of amides is 1. The first kappa shape index (κ1) is 15.8. The van der Waals surface area contributed by atoms with E-state index in [1.54, 1.807) is 0 Å². The summed E-state index contributed by atoms with van der Waals surface area (Å²) in [6, 6.07) is 0.850. The van der Waals surface area contributed by atoms with Crippen molar-refractivity contribution in [1.82, 2.24) is 10.2 Å². The zero-order chi connectivity index (χ0) is 14.4. The molecule has 4 nitrogen and oxygen atoms in total. The van der Waals surface area contributed by atoms with Crippen molar-refractivity contribution in [2.24, 2.45) is 11.7 Å². The van der Waals surface area contributed by atoms with Crippen molar-refractivity contribution in [2.75, 3.05) is 20.1 Å². The van der Waals surface area contributed by atoms with Gasteiger partial charge in [-0.05, 0) is 51.6 Å². The molecule has 0 aromatic carbocycles. The Morgan fingerprint density at radius 2 is 1.95 bits per heavy atom. The highest BCUT2D eigenvalue weighted by Crippen LogP contribution is 2.32. The molecule has 2 rings (SSSR count). The van der Waals surface area contributed by atoms with Crippen molar-refractivity contribution < 1.29 is 4.79 Å². The third-order valence-corrected chi connectivity index (χ3v) is 4.86. The van der Waals surface area contributed by atoms with Crippen LogP contribution in [-0.4, -0.2) is 43.0 Å². The molecule has 0 radical (unpaired) electrons. The fraction of sp³-hybridized carbons (Fsp3) is 0.938. The summed E-state index contributed by atoms with van der Waals surface area (Å²) in [5, 5.41) is 3.01. The van der Waals surface area contributed by atoms with Crippen LogP contribution in [0, 0.1) is 5.92 Å². The van der Waals surface area contributed by atoms with Crippen LogP contribution in [0.15, 0.2) is 0 Å². The molecule has 2 saturated carbocycles. The van der Waals surface area contributed by atoms with E-state index in [9.17, 15) is 4.79 Å². The lowest BCUT2D eigenvalue weighted by atomic mass is 9.94. The number of rotatable bonds is 8. The van der Waals surface area contributed by atoms with Gasteiger partial charge in [0.2, 0.25) is 5.91 Å². The molecule has 2 aliphatic rings. The van der Waals surface area contributed by atoms with E-state index >= 15 is 0 Å². The van der Waals surface area contributed by atoms with Gasteiger partial charge in [-0.1, -0.05) is 19.3 Å². The monoisotopic (exact) mass is 281 g/mol. The van der Waals surface area contributed by atoms with Gasteiger partial charge >= 0.3 is 0 Å². The molecule has 0 bridgehead atoms. The maximum Gasteiger partial charge on any atom is 0.221 e. The third kappa shape index (κ3) is 5.41. The molecule has 1 unspecified atom stereocenters. The fourth-order valence-electron chi connectivity index (χ4n) is 3.24. The van der Waals surface area contributed by atoms with Gasteiger partial charge in [-0.15, -0.1) is 0 Å². The number of hydrogen-bond donors (Lipinski definition) is 2. The molecular weight excluding hydrogens is 250 g/mol. The normalized spacial score (nSPS) is 21.9. The second kappa shape index (κ2) is 7.99. The Balaban J connectivity index is 1.50. The summed E-state index contributed by atoms with van der Waals surface area (Å²) < 4.78 is 0. The van der Waals surface area contributed by atoms with E-state index in [1.807, 2.05) is 0 Å². The molecule has 0 aromatic heterocycles. The van der Waals surface area contributed by atoms with Gasteiger partial charge in [0.1, 0.15) is 0 Å². The Morgan fingerprint density at radius 3 is 2.60 bits per heavy atom. The van der Waals surface area contributed by atoms with E-state index in [1.165, 1.54) is 44.9 Å². The minimum absolute atomic E-state index is 0.0833.